The van der Waals surface area contributed by atoms with Crippen molar-refractivity contribution in [1.82, 2.24) is 19.5 Å². The molecule has 0 bridgehead atoms. The molecule has 0 aromatic carbocycles. The zero-order valence-electron chi connectivity index (χ0n) is 19.3. The fourth-order valence-electron chi connectivity index (χ4n) is 4.39. The average Bonchev–Trinajstić information content (AvgIpc) is 3.20. The summed E-state index contributed by atoms with van der Waals surface area (Å²) in [5.74, 6) is 1.05. The molecule has 0 saturated heterocycles. The third-order valence-electron chi connectivity index (χ3n) is 6.25. The Kier molecular flexibility index (Phi) is 7.22. The van der Waals surface area contributed by atoms with Gasteiger partial charge in [0.15, 0.2) is 0 Å². The predicted octanol–water partition coefficient (Wildman–Crippen LogP) is 3.75. The lowest BCUT2D eigenvalue weighted by Gasteiger charge is -2.17. The average molecular weight is 450 g/mol. The number of unbranched alkanes of at least 4 members (excludes halogenated alkanes) is 1. The molecule has 0 spiro atoms. The van der Waals surface area contributed by atoms with Gasteiger partial charge in [0.05, 0.1) is 19.4 Å². The van der Waals surface area contributed by atoms with Crippen molar-refractivity contribution < 1.29 is 14.6 Å². The lowest BCUT2D eigenvalue weighted by Crippen LogP contribution is -2.14. The van der Waals surface area contributed by atoms with E-state index < -0.39 is 5.97 Å². The molecule has 3 aromatic heterocycles. The van der Waals surface area contributed by atoms with Crippen molar-refractivity contribution in [3.8, 4) is 5.88 Å². The lowest BCUT2D eigenvalue weighted by atomic mass is 9.96. The summed E-state index contributed by atoms with van der Waals surface area (Å²) in [6.45, 7) is 1.00. The number of aryl methyl sites for hydroxylation is 3. The van der Waals surface area contributed by atoms with Crippen LogP contribution in [0.4, 0.5) is 5.82 Å². The first-order valence-corrected chi connectivity index (χ1v) is 11.5. The zero-order valence-corrected chi connectivity index (χ0v) is 19.3. The molecule has 1 aliphatic heterocycles. The third kappa shape index (κ3) is 5.50. The van der Waals surface area contributed by atoms with E-state index >= 15 is 0 Å². The van der Waals surface area contributed by atoms with Gasteiger partial charge in [-0.25, -0.2) is 15.0 Å². The van der Waals surface area contributed by atoms with Crippen LogP contribution in [0.5, 0.6) is 5.88 Å². The molecule has 8 heteroatoms. The number of hydrogen-bond acceptors (Lipinski definition) is 6. The van der Waals surface area contributed by atoms with Crippen LogP contribution in [0.25, 0.3) is 0 Å². The highest BCUT2D eigenvalue weighted by atomic mass is 16.5. The minimum absolute atomic E-state index is 0.0453. The fourth-order valence-corrected chi connectivity index (χ4v) is 4.39. The molecule has 0 radical (unpaired) electrons. The van der Waals surface area contributed by atoms with Gasteiger partial charge in [-0.1, -0.05) is 12.1 Å². The van der Waals surface area contributed by atoms with Crippen LogP contribution in [0.15, 0.2) is 36.7 Å². The number of carboxylic acids is 1. The topological polar surface area (TPSA) is 102 Å². The maximum absolute atomic E-state index is 11.5. The molecule has 4 heterocycles. The van der Waals surface area contributed by atoms with Crippen LogP contribution < -0.4 is 10.1 Å². The number of carbonyl (C=O) groups is 1. The number of fused-ring (bicyclic) bond motifs is 1. The van der Waals surface area contributed by atoms with E-state index in [9.17, 15) is 9.90 Å². The van der Waals surface area contributed by atoms with Gasteiger partial charge in [0.2, 0.25) is 5.88 Å². The number of nitrogens with zero attached hydrogens (tertiary/aromatic N) is 4. The van der Waals surface area contributed by atoms with Gasteiger partial charge in [-0.15, -0.1) is 0 Å². The Morgan fingerprint density at radius 3 is 2.79 bits per heavy atom. The number of aliphatic carboxylic acids is 1. The van der Waals surface area contributed by atoms with Crippen molar-refractivity contribution in [2.45, 2.75) is 50.9 Å². The molecule has 174 valence electrons. The number of ether oxygens (including phenoxy) is 1. The normalized spacial score (nSPS) is 13.8. The molecular formula is C25H31N5O3. The first kappa shape index (κ1) is 22.8. The summed E-state index contributed by atoms with van der Waals surface area (Å²) in [7, 11) is 3.51. The van der Waals surface area contributed by atoms with Crippen LogP contribution in [0.1, 0.15) is 59.9 Å². The van der Waals surface area contributed by atoms with E-state index in [1.807, 2.05) is 23.9 Å². The molecule has 0 saturated carbocycles. The Hall–Kier alpha value is -3.42. The number of aromatic nitrogens is 4. The highest BCUT2D eigenvalue weighted by Crippen LogP contribution is 2.28. The molecule has 33 heavy (non-hydrogen) atoms. The molecule has 0 fully saturated rings. The van der Waals surface area contributed by atoms with Gasteiger partial charge in [-0.2, -0.15) is 0 Å². The second-order valence-corrected chi connectivity index (χ2v) is 8.50. The first-order valence-electron chi connectivity index (χ1n) is 11.5. The van der Waals surface area contributed by atoms with Crippen molar-refractivity contribution in [3.05, 3.63) is 65.0 Å². The molecular weight excluding hydrogens is 418 g/mol. The van der Waals surface area contributed by atoms with E-state index in [2.05, 4.69) is 27.4 Å². The SMILES string of the molecule is COc1ccc([C@@H](CC(=O)O)c2ncc(CCCCc3ccc4c(n3)NCCC4)n2C)cn1. The number of rotatable bonds is 10. The number of carboxylic acid groups (broad SMARTS) is 1. The second-order valence-electron chi connectivity index (χ2n) is 8.50. The number of anilines is 1. The minimum atomic E-state index is -0.868. The van der Waals surface area contributed by atoms with Crippen molar-refractivity contribution in [2.75, 3.05) is 19.0 Å². The molecule has 0 amide bonds. The Bertz CT molecular complexity index is 1090. The van der Waals surface area contributed by atoms with Crippen molar-refractivity contribution in [2.24, 2.45) is 7.05 Å². The van der Waals surface area contributed by atoms with E-state index in [1.165, 1.54) is 12.0 Å². The molecule has 4 rings (SSSR count). The zero-order chi connectivity index (χ0) is 23.2. The molecule has 0 aliphatic carbocycles. The van der Waals surface area contributed by atoms with Gasteiger partial charge >= 0.3 is 5.97 Å². The molecule has 3 aromatic rings. The smallest absolute Gasteiger partial charge is 0.304 e. The summed E-state index contributed by atoms with van der Waals surface area (Å²) in [5, 5.41) is 12.9. The van der Waals surface area contributed by atoms with E-state index in [-0.39, 0.29) is 12.3 Å². The summed E-state index contributed by atoms with van der Waals surface area (Å²) >= 11 is 0. The van der Waals surface area contributed by atoms with Crippen molar-refractivity contribution >= 4 is 11.8 Å². The summed E-state index contributed by atoms with van der Waals surface area (Å²) in [5.41, 5.74) is 4.35. The van der Waals surface area contributed by atoms with Crippen molar-refractivity contribution in [3.63, 3.8) is 0 Å². The monoisotopic (exact) mass is 449 g/mol. The molecule has 1 aliphatic rings. The minimum Gasteiger partial charge on any atom is -0.481 e. The summed E-state index contributed by atoms with van der Waals surface area (Å²) in [6.07, 6.45) is 9.63. The van der Waals surface area contributed by atoms with Gasteiger partial charge in [-0.3, -0.25) is 4.79 Å². The van der Waals surface area contributed by atoms with E-state index in [0.29, 0.717) is 5.88 Å². The Labute approximate surface area is 194 Å². The summed E-state index contributed by atoms with van der Waals surface area (Å²) < 4.78 is 7.15. The van der Waals surface area contributed by atoms with Gasteiger partial charge in [0, 0.05) is 43.4 Å². The van der Waals surface area contributed by atoms with Crippen LogP contribution in [0, 0.1) is 0 Å². The van der Waals surface area contributed by atoms with Gasteiger partial charge in [-0.05, 0) is 55.7 Å². The lowest BCUT2D eigenvalue weighted by molar-refractivity contribution is -0.137. The maximum Gasteiger partial charge on any atom is 0.304 e. The molecule has 0 unspecified atom stereocenters. The van der Waals surface area contributed by atoms with E-state index in [1.54, 1.807) is 19.4 Å². The Morgan fingerprint density at radius 1 is 1.18 bits per heavy atom. The van der Waals surface area contributed by atoms with Crippen LogP contribution in [-0.4, -0.2) is 44.2 Å². The van der Waals surface area contributed by atoms with E-state index in [0.717, 1.165) is 67.2 Å². The highest BCUT2D eigenvalue weighted by molar-refractivity contribution is 5.68. The highest BCUT2D eigenvalue weighted by Gasteiger charge is 2.23. The standard InChI is InChI=1S/C25H31N5O3/c1-30-20(8-4-3-7-19-11-9-17-6-5-13-26-24(17)29-19)16-28-25(30)21(14-23(31)32)18-10-12-22(33-2)27-15-18/h9-12,15-16,21H,3-8,13-14H2,1-2H3,(H,26,29)(H,31,32)/t21-/m1/s1. The summed E-state index contributed by atoms with van der Waals surface area (Å²) in [6, 6.07) is 7.95. The predicted molar refractivity (Wildman–Crippen MR) is 126 cm³/mol. The quantitative estimate of drug-likeness (QED) is 0.455. The number of imidazole rings is 1. The number of nitrogens with one attached hydrogen (secondary N) is 1. The van der Waals surface area contributed by atoms with E-state index in [4.69, 9.17) is 9.72 Å². The van der Waals surface area contributed by atoms with Gasteiger partial charge in [0.1, 0.15) is 11.6 Å². The fraction of sp³-hybridized carbons (Fsp3) is 0.440. The number of methoxy groups -OCH3 is 1. The largest absolute Gasteiger partial charge is 0.481 e. The number of pyridine rings is 2. The second kappa shape index (κ2) is 10.5. The molecule has 1 atom stereocenters. The Balaban J connectivity index is 1.39. The maximum atomic E-state index is 11.5. The van der Waals surface area contributed by atoms with Crippen LogP contribution >= 0.6 is 0 Å². The van der Waals surface area contributed by atoms with Crippen molar-refractivity contribution in [1.29, 1.82) is 0 Å². The first-order chi connectivity index (χ1) is 16.0. The van der Waals surface area contributed by atoms with Gasteiger partial charge < -0.3 is 19.7 Å². The van der Waals surface area contributed by atoms with Crippen LogP contribution in [-0.2, 0) is 31.1 Å². The molecule has 2 N–H and O–H groups in total. The van der Waals surface area contributed by atoms with Crippen LogP contribution in [0.2, 0.25) is 0 Å². The number of hydrogen-bond donors (Lipinski definition) is 2. The summed E-state index contributed by atoms with van der Waals surface area (Å²) in [4.78, 5) is 25.2. The Morgan fingerprint density at radius 2 is 2.03 bits per heavy atom. The third-order valence-corrected chi connectivity index (χ3v) is 6.25. The molecule has 8 nitrogen and oxygen atoms in total. The van der Waals surface area contributed by atoms with Crippen LogP contribution in [0.3, 0.4) is 0 Å². The van der Waals surface area contributed by atoms with Gasteiger partial charge in [0.25, 0.3) is 0 Å².